The van der Waals surface area contributed by atoms with Gasteiger partial charge in [-0.1, -0.05) is 29.8 Å². The Morgan fingerprint density at radius 1 is 1.21 bits per heavy atom. The molecule has 0 aliphatic rings. The average molecular weight is 341 g/mol. The number of hydrogen-bond donors (Lipinski definition) is 1. The maximum Gasteiger partial charge on any atom is 0.134 e. The average Bonchev–Trinajstić information content (AvgIpc) is 2.39. The molecule has 2 N–H and O–H groups in total. The molecule has 4 heteroatoms. The molecule has 100 valence electrons. The van der Waals surface area contributed by atoms with E-state index in [1.54, 1.807) is 0 Å². The third-order valence-electron chi connectivity index (χ3n) is 2.82. The fourth-order valence-electron chi connectivity index (χ4n) is 1.71. The molecule has 0 bridgehead atoms. The summed E-state index contributed by atoms with van der Waals surface area (Å²) in [6, 6.07) is 11.8. The van der Waals surface area contributed by atoms with Gasteiger partial charge in [-0.25, -0.2) is 0 Å². The van der Waals surface area contributed by atoms with Crippen LogP contribution in [0.2, 0.25) is 5.02 Å². The second-order valence-electron chi connectivity index (χ2n) is 4.35. The second kappa shape index (κ2) is 6.42. The molecule has 2 aromatic carbocycles. The van der Waals surface area contributed by atoms with Gasteiger partial charge in [0.15, 0.2) is 0 Å². The van der Waals surface area contributed by atoms with E-state index in [0.29, 0.717) is 18.2 Å². The van der Waals surface area contributed by atoms with Crippen LogP contribution in [0.15, 0.2) is 40.9 Å². The molecule has 2 nitrogen and oxygen atoms in total. The van der Waals surface area contributed by atoms with Crippen molar-refractivity contribution in [3.8, 4) is 5.75 Å². The summed E-state index contributed by atoms with van der Waals surface area (Å²) in [5.41, 5.74) is 8.73. The van der Waals surface area contributed by atoms with Crippen LogP contribution in [-0.2, 0) is 13.2 Å². The van der Waals surface area contributed by atoms with Crippen LogP contribution in [0, 0.1) is 6.92 Å². The molecule has 0 heterocycles. The van der Waals surface area contributed by atoms with Crippen LogP contribution in [0.3, 0.4) is 0 Å². The third-order valence-corrected chi connectivity index (χ3v) is 3.80. The lowest BCUT2D eigenvalue weighted by atomic mass is 10.1. The van der Waals surface area contributed by atoms with Crippen molar-refractivity contribution >= 4 is 27.5 Å². The van der Waals surface area contributed by atoms with E-state index in [4.69, 9.17) is 22.1 Å². The fraction of sp³-hybridized carbons (Fsp3) is 0.200. The standard InChI is InChI=1S/C15H15BrClNO/c1-10-2-5-15(13(16)6-10)19-9-12-4-3-11(8-18)7-14(12)17/h2-7H,8-9,18H2,1H3. The quantitative estimate of drug-likeness (QED) is 0.892. The number of nitrogens with two attached hydrogens (primary N) is 1. The van der Waals surface area contributed by atoms with Crippen LogP contribution in [-0.4, -0.2) is 0 Å². The van der Waals surface area contributed by atoms with E-state index in [-0.39, 0.29) is 0 Å². The number of aryl methyl sites for hydroxylation is 1. The van der Waals surface area contributed by atoms with Gasteiger partial charge in [-0.15, -0.1) is 0 Å². The van der Waals surface area contributed by atoms with Crippen LogP contribution in [0.1, 0.15) is 16.7 Å². The normalized spacial score (nSPS) is 10.5. The van der Waals surface area contributed by atoms with Crippen molar-refractivity contribution in [1.29, 1.82) is 0 Å². The maximum atomic E-state index is 6.19. The lowest BCUT2D eigenvalue weighted by Crippen LogP contribution is -2.00. The number of hydrogen-bond acceptors (Lipinski definition) is 2. The zero-order valence-electron chi connectivity index (χ0n) is 10.6. The van der Waals surface area contributed by atoms with E-state index in [1.807, 2.05) is 43.3 Å². The zero-order valence-corrected chi connectivity index (χ0v) is 13.0. The van der Waals surface area contributed by atoms with Crippen molar-refractivity contribution < 1.29 is 4.74 Å². The predicted molar refractivity (Wildman–Crippen MR) is 82.6 cm³/mol. The maximum absolute atomic E-state index is 6.19. The Morgan fingerprint density at radius 2 is 2.00 bits per heavy atom. The Bertz CT molecular complexity index is 586. The molecule has 0 unspecified atom stereocenters. The van der Waals surface area contributed by atoms with E-state index in [9.17, 15) is 0 Å². The van der Waals surface area contributed by atoms with Crippen molar-refractivity contribution in [3.63, 3.8) is 0 Å². The van der Waals surface area contributed by atoms with Crippen LogP contribution in [0.4, 0.5) is 0 Å². The molecule has 0 radical (unpaired) electrons. The molecule has 0 amide bonds. The summed E-state index contributed by atoms with van der Waals surface area (Å²) < 4.78 is 6.72. The van der Waals surface area contributed by atoms with Gasteiger partial charge in [-0.3, -0.25) is 0 Å². The molecule has 19 heavy (non-hydrogen) atoms. The highest BCUT2D eigenvalue weighted by molar-refractivity contribution is 9.10. The van der Waals surface area contributed by atoms with Gasteiger partial charge in [-0.05, 0) is 52.2 Å². The van der Waals surface area contributed by atoms with Gasteiger partial charge < -0.3 is 10.5 Å². The van der Waals surface area contributed by atoms with Crippen LogP contribution < -0.4 is 10.5 Å². The number of halogens is 2. The van der Waals surface area contributed by atoms with Crippen LogP contribution in [0.5, 0.6) is 5.75 Å². The van der Waals surface area contributed by atoms with Crippen molar-refractivity contribution in [3.05, 3.63) is 62.6 Å². The first kappa shape index (κ1) is 14.4. The first-order valence-corrected chi connectivity index (χ1v) is 7.13. The molecule has 2 aromatic rings. The molecule has 0 aliphatic carbocycles. The minimum atomic E-state index is 0.436. The minimum Gasteiger partial charge on any atom is -0.488 e. The summed E-state index contributed by atoms with van der Waals surface area (Å²) in [6.07, 6.45) is 0. The van der Waals surface area contributed by atoms with E-state index < -0.39 is 0 Å². The smallest absolute Gasteiger partial charge is 0.134 e. The summed E-state index contributed by atoms with van der Waals surface area (Å²) >= 11 is 9.68. The van der Waals surface area contributed by atoms with E-state index in [0.717, 1.165) is 21.3 Å². The first-order chi connectivity index (χ1) is 9.10. The molecule has 0 fully saturated rings. The summed E-state index contributed by atoms with van der Waals surface area (Å²) in [5.74, 6) is 0.810. The largest absolute Gasteiger partial charge is 0.488 e. The van der Waals surface area contributed by atoms with Gasteiger partial charge in [0.1, 0.15) is 12.4 Å². The summed E-state index contributed by atoms with van der Waals surface area (Å²) in [7, 11) is 0. The Morgan fingerprint density at radius 3 is 2.63 bits per heavy atom. The van der Waals surface area contributed by atoms with Crippen LogP contribution >= 0.6 is 27.5 Å². The molecule has 0 atom stereocenters. The number of benzene rings is 2. The lowest BCUT2D eigenvalue weighted by Gasteiger charge is -2.10. The van der Waals surface area contributed by atoms with Crippen molar-refractivity contribution in [2.24, 2.45) is 5.73 Å². The number of rotatable bonds is 4. The van der Waals surface area contributed by atoms with Gasteiger partial charge >= 0.3 is 0 Å². The Hall–Kier alpha value is -1.03. The van der Waals surface area contributed by atoms with Gasteiger partial charge in [0.05, 0.1) is 4.47 Å². The molecule has 0 aromatic heterocycles. The van der Waals surface area contributed by atoms with E-state index in [1.165, 1.54) is 5.56 Å². The van der Waals surface area contributed by atoms with Gasteiger partial charge in [-0.2, -0.15) is 0 Å². The van der Waals surface area contributed by atoms with Crippen LogP contribution in [0.25, 0.3) is 0 Å². The first-order valence-electron chi connectivity index (χ1n) is 5.96. The monoisotopic (exact) mass is 339 g/mol. The van der Waals surface area contributed by atoms with Crippen molar-refractivity contribution in [2.75, 3.05) is 0 Å². The molecule has 2 rings (SSSR count). The topological polar surface area (TPSA) is 35.2 Å². The highest BCUT2D eigenvalue weighted by Gasteiger charge is 2.05. The molecule has 0 aliphatic heterocycles. The summed E-state index contributed by atoms with van der Waals surface area (Å²) in [4.78, 5) is 0. The third kappa shape index (κ3) is 3.72. The zero-order chi connectivity index (χ0) is 13.8. The van der Waals surface area contributed by atoms with Crippen molar-refractivity contribution in [2.45, 2.75) is 20.1 Å². The van der Waals surface area contributed by atoms with Crippen molar-refractivity contribution in [1.82, 2.24) is 0 Å². The molecular formula is C15H15BrClNO. The summed E-state index contributed by atoms with van der Waals surface area (Å²) in [6.45, 7) is 2.96. The number of ether oxygens (including phenoxy) is 1. The Balaban J connectivity index is 2.10. The minimum absolute atomic E-state index is 0.436. The van der Waals surface area contributed by atoms with E-state index >= 15 is 0 Å². The highest BCUT2D eigenvalue weighted by atomic mass is 79.9. The molecule has 0 saturated heterocycles. The van der Waals surface area contributed by atoms with Gasteiger partial charge in [0.25, 0.3) is 0 Å². The molecule has 0 spiro atoms. The van der Waals surface area contributed by atoms with E-state index in [2.05, 4.69) is 15.9 Å². The SMILES string of the molecule is Cc1ccc(OCc2ccc(CN)cc2Cl)c(Br)c1. The Labute approximate surface area is 126 Å². The molecular weight excluding hydrogens is 326 g/mol. The fourth-order valence-corrected chi connectivity index (χ4v) is 2.58. The lowest BCUT2D eigenvalue weighted by molar-refractivity contribution is 0.304. The Kier molecular flexibility index (Phi) is 4.86. The second-order valence-corrected chi connectivity index (χ2v) is 5.61. The van der Waals surface area contributed by atoms with Gasteiger partial charge in [0.2, 0.25) is 0 Å². The highest BCUT2D eigenvalue weighted by Crippen LogP contribution is 2.27. The predicted octanol–water partition coefficient (Wildman–Crippen LogP) is 4.45. The summed E-state index contributed by atoms with van der Waals surface area (Å²) in [5, 5.41) is 0.686. The van der Waals surface area contributed by atoms with Gasteiger partial charge in [0, 0.05) is 17.1 Å². The molecule has 0 saturated carbocycles.